The molecule has 5 rings (SSSR count). The van der Waals surface area contributed by atoms with Crippen LogP contribution in [-0.4, -0.2) is 12.5 Å². The summed E-state index contributed by atoms with van der Waals surface area (Å²) < 4.78 is 12.0. The molecule has 1 aliphatic heterocycles. The van der Waals surface area contributed by atoms with Crippen molar-refractivity contribution in [1.29, 1.82) is 0 Å². The largest absolute Gasteiger partial charge is 0.490 e. The topological polar surface area (TPSA) is 50.8 Å². The SMILES string of the molecule is CCOc1cc([C@@H]2Nc3ccccc3C(=O)N2c2ccccc2)ccc1OCc1ccc(Cl)c(Cl)c1. The van der Waals surface area contributed by atoms with E-state index >= 15 is 0 Å². The van der Waals surface area contributed by atoms with E-state index in [2.05, 4.69) is 5.32 Å². The Balaban J connectivity index is 1.49. The number of nitrogens with one attached hydrogen (secondary N) is 1. The summed E-state index contributed by atoms with van der Waals surface area (Å²) in [6, 6.07) is 28.3. The molecule has 1 atom stereocenters. The van der Waals surface area contributed by atoms with E-state index in [1.54, 1.807) is 17.0 Å². The molecule has 5 nitrogen and oxygen atoms in total. The lowest BCUT2D eigenvalue weighted by Crippen LogP contribution is -2.43. The monoisotopic (exact) mass is 518 g/mol. The number of hydrogen-bond donors (Lipinski definition) is 1. The van der Waals surface area contributed by atoms with Crippen LogP contribution in [0.2, 0.25) is 10.0 Å². The molecule has 0 bridgehead atoms. The van der Waals surface area contributed by atoms with Gasteiger partial charge in [-0.2, -0.15) is 0 Å². The number of fused-ring (bicyclic) bond motifs is 1. The molecule has 1 amide bonds. The molecule has 0 unspecified atom stereocenters. The highest BCUT2D eigenvalue weighted by Gasteiger charge is 2.34. The number of rotatable bonds is 7. The number of hydrogen-bond acceptors (Lipinski definition) is 4. The van der Waals surface area contributed by atoms with Crippen molar-refractivity contribution in [2.45, 2.75) is 19.7 Å². The van der Waals surface area contributed by atoms with E-state index in [4.69, 9.17) is 32.7 Å². The van der Waals surface area contributed by atoms with Crippen molar-refractivity contribution in [2.24, 2.45) is 0 Å². The number of carbonyl (C=O) groups is 1. The maximum absolute atomic E-state index is 13.6. The third-order valence-electron chi connectivity index (χ3n) is 5.92. The van der Waals surface area contributed by atoms with E-state index in [1.807, 2.05) is 85.8 Å². The zero-order chi connectivity index (χ0) is 25.1. The van der Waals surface area contributed by atoms with E-state index < -0.39 is 6.17 Å². The van der Waals surface area contributed by atoms with E-state index in [0.717, 1.165) is 22.5 Å². The smallest absolute Gasteiger partial charge is 0.262 e. The maximum atomic E-state index is 13.6. The Morgan fingerprint density at radius 2 is 1.61 bits per heavy atom. The molecule has 182 valence electrons. The average Bonchev–Trinajstić information content (AvgIpc) is 2.90. The van der Waals surface area contributed by atoms with Gasteiger partial charge >= 0.3 is 0 Å². The Labute approximate surface area is 220 Å². The summed E-state index contributed by atoms with van der Waals surface area (Å²) in [5.41, 5.74) is 3.98. The van der Waals surface area contributed by atoms with Crippen LogP contribution in [0.25, 0.3) is 0 Å². The van der Waals surface area contributed by atoms with Crippen LogP contribution in [0.15, 0.2) is 91.0 Å². The molecule has 0 aromatic heterocycles. The van der Waals surface area contributed by atoms with Crippen LogP contribution < -0.4 is 19.7 Å². The van der Waals surface area contributed by atoms with Crippen LogP contribution >= 0.6 is 23.2 Å². The van der Waals surface area contributed by atoms with Crippen molar-refractivity contribution in [3.63, 3.8) is 0 Å². The number of amides is 1. The molecule has 0 saturated heterocycles. The number of nitrogens with zero attached hydrogens (tertiary/aromatic N) is 1. The minimum atomic E-state index is -0.432. The van der Waals surface area contributed by atoms with Gasteiger partial charge in [0.05, 0.1) is 22.2 Å². The summed E-state index contributed by atoms with van der Waals surface area (Å²) in [7, 11) is 0. The first-order valence-corrected chi connectivity index (χ1v) is 12.4. The molecule has 36 heavy (non-hydrogen) atoms. The Morgan fingerprint density at radius 1 is 0.833 bits per heavy atom. The fraction of sp³-hybridized carbons (Fsp3) is 0.138. The van der Waals surface area contributed by atoms with Gasteiger partial charge in [-0.05, 0) is 66.6 Å². The van der Waals surface area contributed by atoms with Crippen molar-refractivity contribution in [3.05, 3.63) is 118 Å². The molecule has 1 heterocycles. The third-order valence-corrected chi connectivity index (χ3v) is 6.66. The van der Waals surface area contributed by atoms with Gasteiger partial charge in [0.25, 0.3) is 5.91 Å². The van der Waals surface area contributed by atoms with Gasteiger partial charge in [-0.15, -0.1) is 0 Å². The lowest BCUT2D eigenvalue weighted by molar-refractivity contribution is 0.0975. The van der Waals surface area contributed by atoms with Gasteiger partial charge in [-0.1, -0.05) is 65.7 Å². The summed E-state index contributed by atoms with van der Waals surface area (Å²) in [6.07, 6.45) is -0.432. The van der Waals surface area contributed by atoms with Gasteiger partial charge in [0, 0.05) is 11.4 Å². The minimum Gasteiger partial charge on any atom is -0.490 e. The predicted octanol–water partition coefficient (Wildman–Crippen LogP) is 7.74. The molecule has 0 radical (unpaired) electrons. The molecule has 4 aromatic rings. The molecular formula is C29H24Cl2N2O3. The van der Waals surface area contributed by atoms with Crippen LogP contribution in [0.5, 0.6) is 11.5 Å². The van der Waals surface area contributed by atoms with Crippen molar-refractivity contribution >= 4 is 40.5 Å². The van der Waals surface area contributed by atoms with Crippen LogP contribution in [-0.2, 0) is 6.61 Å². The summed E-state index contributed by atoms with van der Waals surface area (Å²) in [4.78, 5) is 15.4. The number of para-hydroxylation sites is 2. The summed E-state index contributed by atoms with van der Waals surface area (Å²) in [6.45, 7) is 2.69. The van der Waals surface area contributed by atoms with Crippen molar-refractivity contribution < 1.29 is 14.3 Å². The summed E-state index contributed by atoms with van der Waals surface area (Å²) >= 11 is 12.2. The Kier molecular flexibility index (Phi) is 7.03. The minimum absolute atomic E-state index is 0.0709. The Hall–Kier alpha value is -3.67. The second-order valence-corrected chi connectivity index (χ2v) is 9.09. The fourth-order valence-electron chi connectivity index (χ4n) is 4.21. The average molecular weight is 519 g/mol. The quantitative estimate of drug-likeness (QED) is 0.271. The van der Waals surface area contributed by atoms with Crippen molar-refractivity contribution in [2.75, 3.05) is 16.8 Å². The Bertz CT molecular complexity index is 1390. The van der Waals surface area contributed by atoms with E-state index in [1.165, 1.54) is 0 Å². The lowest BCUT2D eigenvalue weighted by Gasteiger charge is -2.38. The van der Waals surface area contributed by atoms with Gasteiger partial charge in [0.15, 0.2) is 11.5 Å². The van der Waals surface area contributed by atoms with E-state index in [0.29, 0.717) is 40.3 Å². The molecule has 0 aliphatic carbocycles. The van der Waals surface area contributed by atoms with E-state index in [9.17, 15) is 4.79 Å². The van der Waals surface area contributed by atoms with Crippen LogP contribution in [0.1, 0.15) is 34.6 Å². The number of benzene rings is 4. The van der Waals surface area contributed by atoms with Crippen LogP contribution in [0, 0.1) is 0 Å². The fourth-order valence-corrected chi connectivity index (χ4v) is 4.54. The molecule has 0 spiro atoms. The zero-order valence-electron chi connectivity index (χ0n) is 19.6. The molecule has 4 aromatic carbocycles. The van der Waals surface area contributed by atoms with Gasteiger partial charge in [0.2, 0.25) is 0 Å². The standard InChI is InChI=1S/C29H24Cl2N2O3/c1-2-35-27-17-20(13-15-26(27)36-18-19-12-14-23(30)24(31)16-19)28-32-25-11-7-6-10-22(25)29(34)33(28)21-8-4-3-5-9-21/h3-17,28,32H,2,18H2,1H3/t28-/m1/s1. The molecule has 1 N–H and O–H groups in total. The summed E-state index contributed by atoms with van der Waals surface area (Å²) in [5.74, 6) is 1.12. The zero-order valence-corrected chi connectivity index (χ0v) is 21.1. The number of carbonyl (C=O) groups excluding carboxylic acids is 1. The third kappa shape index (κ3) is 4.85. The van der Waals surface area contributed by atoms with Gasteiger partial charge < -0.3 is 14.8 Å². The summed E-state index contributed by atoms with van der Waals surface area (Å²) in [5, 5.41) is 4.51. The molecule has 0 fully saturated rings. The van der Waals surface area contributed by atoms with Gasteiger partial charge in [-0.25, -0.2) is 0 Å². The highest BCUT2D eigenvalue weighted by Crippen LogP contribution is 2.39. The molecule has 7 heteroatoms. The predicted molar refractivity (Wildman–Crippen MR) is 144 cm³/mol. The number of anilines is 2. The maximum Gasteiger partial charge on any atom is 0.262 e. The van der Waals surface area contributed by atoms with Crippen LogP contribution in [0.3, 0.4) is 0 Å². The molecular weight excluding hydrogens is 495 g/mol. The first-order chi connectivity index (χ1) is 17.5. The molecule has 0 saturated carbocycles. The number of ether oxygens (including phenoxy) is 2. The first-order valence-electron chi connectivity index (χ1n) is 11.6. The first kappa shape index (κ1) is 24.0. The highest BCUT2D eigenvalue weighted by atomic mass is 35.5. The Morgan fingerprint density at radius 3 is 2.39 bits per heavy atom. The second-order valence-electron chi connectivity index (χ2n) is 8.28. The van der Waals surface area contributed by atoms with Crippen molar-refractivity contribution in [3.8, 4) is 11.5 Å². The lowest BCUT2D eigenvalue weighted by atomic mass is 10.0. The highest BCUT2D eigenvalue weighted by molar-refractivity contribution is 6.42. The van der Waals surface area contributed by atoms with E-state index in [-0.39, 0.29) is 5.91 Å². The van der Waals surface area contributed by atoms with Crippen molar-refractivity contribution in [1.82, 2.24) is 0 Å². The van der Waals surface area contributed by atoms with Crippen LogP contribution in [0.4, 0.5) is 11.4 Å². The molecule has 1 aliphatic rings. The van der Waals surface area contributed by atoms with Gasteiger partial charge in [-0.3, -0.25) is 9.69 Å². The number of halogens is 2. The normalized spacial score (nSPS) is 14.7. The van der Waals surface area contributed by atoms with Gasteiger partial charge in [0.1, 0.15) is 12.8 Å². The second kappa shape index (κ2) is 10.5.